The second kappa shape index (κ2) is 9.12. The smallest absolute Gasteiger partial charge is 0.244 e. The fraction of sp³-hybridized carbons (Fsp3) is 0.158. The van der Waals surface area contributed by atoms with Gasteiger partial charge in [-0.05, 0) is 42.8 Å². The second-order valence-electron chi connectivity index (χ2n) is 6.07. The van der Waals surface area contributed by atoms with Gasteiger partial charge in [0.1, 0.15) is 11.9 Å². The van der Waals surface area contributed by atoms with Gasteiger partial charge in [-0.25, -0.2) is 17.8 Å². The number of halogens is 2. The fourth-order valence-electron chi connectivity index (χ4n) is 2.47. The Labute approximate surface area is 180 Å². The van der Waals surface area contributed by atoms with Crippen molar-refractivity contribution >= 4 is 48.3 Å². The molecule has 0 bridgehead atoms. The largest absolute Gasteiger partial charge is 0.301 e. The highest BCUT2D eigenvalue weighted by molar-refractivity contribution is 9.10. The Morgan fingerprint density at radius 1 is 1.17 bits per heavy atom. The summed E-state index contributed by atoms with van der Waals surface area (Å²) in [5.41, 5.74) is 1.60. The number of carbonyl (C=O) groups is 1. The number of sulfonamides is 1. The maximum absolute atomic E-state index is 13.0. The highest BCUT2D eigenvalue weighted by Crippen LogP contribution is 2.26. The summed E-state index contributed by atoms with van der Waals surface area (Å²) in [6.45, 7) is 1.69. The van der Waals surface area contributed by atoms with Gasteiger partial charge in [-0.3, -0.25) is 4.79 Å². The van der Waals surface area contributed by atoms with Gasteiger partial charge in [-0.2, -0.15) is 4.72 Å². The van der Waals surface area contributed by atoms with Crippen molar-refractivity contribution in [1.29, 1.82) is 0 Å². The number of hydrogen-bond donors (Lipinski definition) is 2. The van der Waals surface area contributed by atoms with Gasteiger partial charge in [0.2, 0.25) is 15.9 Å². The molecule has 3 rings (SSSR count). The number of rotatable bonds is 7. The molecule has 6 nitrogen and oxygen atoms in total. The van der Waals surface area contributed by atoms with Gasteiger partial charge in [0.05, 0.1) is 10.6 Å². The van der Waals surface area contributed by atoms with Crippen LogP contribution in [0.1, 0.15) is 13.3 Å². The molecule has 2 aromatic carbocycles. The van der Waals surface area contributed by atoms with E-state index in [1.165, 1.54) is 11.3 Å². The van der Waals surface area contributed by atoms with E-state index in [-0.39, 0.29) is 11.3 Å². The molecule has 152 valence electrons. The lowest BCUT2D eigenvalue weighted by Gasteiger charge is -2.16. The van der Waals surface area contributed by atoms with Crippen molar-refractivity contribution in [2.75, 3.05) is 5.32 Å². The molecule has 10 heteroatoms. The van der Waals surface area contributed by atoms with Gasteiger partial charge < -0.3 is 5.32 Å². The number of nitrogens with zero attached hydrogens (tertiary/aromatic N) is 1. The van der Waals surface area contributed by atoms with Crippen molar-refractivity contribution in [1.82, 2.24) is 9.71 Å². The first-order valence-electron chi connectivity index (χ1n) is 8.58. The average molecular weight is 498 g/mol. The van der Waals surface area contributed by atoms with Crippen molar-refractivity contribution in [2.45, 2.75) is 24.3 Å². The number of nitrogens with one attached hydrogen (secondary N) is 2. The summed E-state index contributed by atoms with van der Waals surface area (Å²) in [5.74, 6) is -1.06. The molecule has 1 heterocycles. The topological polar surface area (TPSA) is 88.2 Å². The summed E-state index contributed by atoms with van der Waals surface area (Å²) in [6, 6.07) is 11.0. The van der Waals surface area contributed by atoms with Crippen molar-refractivity contribution in [3.8, 4) is 11.3 Å². The molecule has 0 saturated carbocycles. The molecule has 0 radical (unpaired) electrons. The number of amides is 1. The zero-order valence-electron chi connectivity index (χ0n) is 15.2. The van der Waals surface area contributed by atoms with E-state index in [9.17, 15) is 17.6 Å². The first kappa shape index (κ1) is 21.6. The van der Waals surface area contributed by atoms with Crippen LogP contribution in [0.2, 0.25) is 0 Å². The van der Waals surface area contributed by atoms with Crippen LogP contribution in [0.3, 0.4) is 0 Å². The second-order valence-corrected chi connectivity index (χ2v) is 9.56. The van der Waals surface area contributed by atoms with E-state index in [1.54, 1.807) is 6.92 Å². The Morgan fingerprint density at radius 3 is 2.45 bits per heavy atom. The molecule has 1 amide bonds. The minimum absolute atomic E-state index is 0.114. The Bertz CT molecular complexity index is 1100. The van der Waals surface area contributed by atoms with Crippen LogP contribution in [0.5, 0.6) is 0 Å². The first-order chi connectivity index (χ1) is 13.8. The summed E-state index contributed by atoms with van der Waals surface area (Å²) >= 11 is 4.62. The van der Waals surface area contributed by atoms with Gasteiger partial charge in [0, 0.05) is 15.4 Å². The van der Waals surface area contributed by atoms with E-state index in [1.807, 2.05) is 29.6 Å². The van der Waals surface area contributed by atoms with Crippen molar-refractivity contribution in [2.24, 2.45) is 0 Å². The van der Waals surface area contributed by atoms with Crippen LogP contribution in [0.4, 0.5) is 9.52 Å². The molecule has 1 aromatic heterocycles. The third-order valence-corrected chi connectivity index (χ3v) is 6.79. The molecule has 1 atom stereocenters. The minimum Gasteiger partial charge on any atom is -0.301 e. The third kappa shape index (κ3) is 5.47. The lowest BCUT2D eigenvalue weighted by Crippen LogP contribution is -2.43. The van der Waals surface area contributed by atoms with Gasteiger partial charge in [-0.15, -0.1) is 11.3 Å². The lowest BCUT2D eigenvalue weighted by molar-refractivity contribution is -0.117. The average Bonchev–Trinajstić information content (AvgIpc) is 3.15. The van der Waals surface area contributed by atoms with Crippen LogP contribution in [0.25, 0.3) is 11.3 Å². The summed E-state index contributed by atoms with van der Waals surface area (Å²) in [7, 11) is -3.97. The molecule has 2 N–H and O–H groups in total. The highest BCUT2D eigenvalue weighted by atomic mass is 79.9. The lowest BCUT2D eigenvalue weighted by atomic mass is 10.2. The van der Waals surface area contributed by atoms with Gasteiger partial charge in [-0.1, -0.05) is 35.0 Å². The monoisotopic (exact) mass is 497 g/mol. The van der Waals surface area contributed by atoms with E-state index < -0.39 is 27.8 Å². The first-order valence-corrected chi connectivity index (χ1v) is 11.7. The van der Waals surface area contributed by atoms with Crippen molar-refractivity contribution in [3.63, 3.8) is 0 Å². The Balaban J connectivity index is 1.70. The van der Waals surface area contributed by atoms with Gasteiger partial charge in [0.15, 0.2) is 5.13 Å². The molecular formula is C19H17BrFN3O3S2. The minimum atomic E-state index is -3.97. The predicted octanol–water partition coefficient (Wildman–Crippen LogP) is 4.41. The van der Waals surface area contributed by atoms with Crippen LogP contribution < -0.4 is 10.0 Å². The number of aromatic nitrogens is 1. The number of anilines is 1. The molecule has 1 unspecified atom stereocenters. The van der Waals surface area contributed by atoms with E-state index in [0.29, 0.717) is 10.8 Å². The third-order valence-electron chi connectivity index (χ3n) is 4.02. The maximum atomic E-state index is 13.0. The standard InChI is InChI=1S/C19H17BrFN3O3S2/c1-2-16(24-29(26,27)15-9-7-14(21)8-10-15)18(25)23-19-22-17(11-28-19)12-3-5-13(20)6-4-12/h3-11,16,24H,2H2,1H3,(H,22,23,25). The van der Waals surface area contributed by atoms with Crippen molar-refractivity contribution in [3.05, 3.63) is 64.2 Å². The van der Waals surface area contributed by atoms with Crippen LogP contribution in [-0.2, 0) is 14.8 Å². The van der Waals surface area contributed by atoms with Crippen LogP contribution >= 0.6 is 27.3 Å². The SMILES string of the molecule is CCC(NS(=O)(=O)c1ccc(F)cc1)C(=O)Nc1nc(-c2ccc(Br)cc2)cs1. The van der Waals surface area contributed by atoms with Gasteiger partial charge >= 0.3 is 0 Å². The number of benzene rings is 2. The zero-order chi connectivity index (χ0) is 21.0. The number of thiazole rings is 1. The molecule has 0 aliphatic rings. The van der Waals surface area contributed by atoms with E-state index in [0.717, 1.165) is 34.3 Å². The zero-order valence-corrected chi connectivity index (χ0v) is 18.4. The quantitative estimate of drug-likeness (QED) is 0.505. The van der Waals surface area contributed by atoms with Gasteiger partial charge in [0.25, 0.3) is 0 Å². The summed E-state index contributed by atoms with van der Waals surface area (Å²) in [5, 5.41) is 4.83. The van der Waals surface area contributed by atoms with E-state index in [4.69, 9.17) is 0 Å². The Morgan fingerprint density at radius 2 is 1.83 bits per heavy atom. The highest BCUT2D eigenvalue weighted by Gasteiger charge is 2.25. The van der Waals surface area contributed by atoms with Crippen LogP contribution in [-0.4, -0.2) is 25.4 Å². The molecule has 0 aliphatic carbocycles. The van der Waals surface area contributed by atoms with Crippen molar-refractivity contribution < 1.29 is 17.6 Å². The maximum Gasteiger partial charge on any atom is 0.244 e. The summed E-state index contributed by atoms with van der Waals surface area (Å²) < 4.78 is 41.2. The molecule has 0 spiro atoms. The number of hydrogen-bond acceptors (Lipinski definition) is 5. The molecule has 0 saturated heterocycles. The van der Waals surface area contributed by atoms with Crippen LogP contribution in [0, 0.1) is 5.82 Å². The molecule has 29 heavy (non-hydrogen) atoms. The fourth-order valence-corrected chi connectivity index (χ4v) is 4.73. The molecular weight excluding hydrogens is 481 g/mol. The predicted molar refractivity (Wildman–Crippen MR) is 115 cm³/mol. The Kier molecular flexibility index (Phi) is 6.78. The summed E-state index contributed by atoms with van der Waals surface area (Å²) in [6.07, 6.45) is 0.233. The molecule has 0 aliphatic heterocycles. The Hall–Kier alpha value is -2.14. The molecule has 3 aromatic rings. The summed E-state index contributed by atoms with van der Waals surface area (Å²) in [4.78, 5) is 16.8. The van der Waals surface area contributed by atoms with E-state index >= 15 is 0 Å². The molecule has 0 fully saturated rings. The van der Waals surface area contributed by atoms with E-state index in [2.05, 4.69) is 31.0 Å². The number of carbonyl (C=O) groups excluding carboxylic acids is 1. The normalized spacial score (nSPS) is 12.5. The van der Waals surface area contributed by atoms with Crippen LogP contribution in [0.15, 0.2) is 63.3 Å².